The molecule has 2 saturated heterocycles. The molecule has 0 radical (unpaired) electrons. The third-order valence-corrected chi connectivity index (χ3v) is 4.39. The zero-order valence-electron chi connectivity index (χ0n) is 12.4. The summed E-state index contributed by atoms with van der Waals surface area (Å²) in [5, 5.41) is 2.73. The molecule has 2 heterocycles. The summed E-state index contributed by atoms with van der Waals surface area (Å²) in [5.41, 5.74) is 5.88. The van der Waals surface area contributed by atoms with E-state index in [-0.39, 0.29) is 23.8 Å². The SMILES string of the molecule is CC1(CN)CCN(CC(=O)NCC(=O)N2CCCC2)C1. The predicted molar refractivity (Wildman–Crippen MR) is 77.0 cm³/mol. The third kappa shape index (κ3) is 3.93. The van der Waals surface area contributed by atoms with Crippen molar-refractivity contribution in [3.63, 3.8) is 0 Å². The Morgan fingerprint density at radius 2 is 1.95 bits per heavy atom. The zero-order chi connectivity index (χ0) is 14.6. The van der Waals surface area contributed by atoms with Gasteiger partial charge in [-0.25, -0.2) is 0 Å². The third-order valence-electron chi connectivity index (χ3n) is 4.39. The van der Waals surface area contributed by atoms with Gasteiger partial charge in [0, 0.05) is 19.6 Å². The molecule has 2 aliphatic rings. The summed E-state index contributed by atoms with van der Waals surface area (Å²) in [6.45, 7) is 6.72. The van der Waals surface area contributed by atoms with Gasteiger partial charge in [0.2, 0.25) is 11.8 Å². The van der Waals surface area contributed by atoms with Crippen LogP contribution in [-0.4, -0.2) is 67.4 Å². The standard InChI is InChI=1S/C14H26N4O2/c1-14(10-15)4-7-17(11-14)9-12(19)16-8-13(20)18-5-2-3-6-18/h2-11,15H2,1H3,(H,16,19). The second kappa shape index (κ2) is 6.54. The average Bonchev–Trinajstić information content (AvgIpc) is 3.07. The first-order chi connectivity index (χ1) is 9.52. The van der Waals surface area contributed by atoms with Crippen LogP contribution < -0.4 is 11.1 Å². The van der Waals surface area contributed by atoms with Gasteiger partial charge in [-0.3, -0.25) is 14.5 Å². The Bertz CT molecular complexity index is 368. The van der Waals surface area contributed by atoms with E-state index in [1.165, 1.54) is 0 Å². The number of hydrogen-bond acceptors (Lipinski definition) is 4. The van der Waals surface area contributed by atoms with Gasteiger partial charge in [-0.2, -0.15) is 0 Å². The Morgan fingerprint density at radius 1 is 1.25 bits per heavy atom. The number of rotatable bonds is 5. The van der Waals surface area contributed by atoms with E-state index in [0.717, 1.165) is 45.4 Å². The molecule has 1 atom stereocenters. The first-order valence-corrected chi connectivity index (χ1v) is 7.49. The minimum Gasteiger partial charge on any atom is -0.346 e. The Kier molecular flexibility index (Phi) is 4.99. The number of nitrogens with two attached hydrogens (primary N) is 1. The lowest BCUT2D eigenvalue weighted by Gasteiger charge is -2.22. The summed E-state index contributed by atoms with van der Waals surface area (Å²) < 4.78 is 0. The van der Waals surface area contributed by atoms with Crippen molar-refractivity contribution < 1.29 is 9.59 Å². The van der Waals surface area contributed by atoms with E-state index in [1.54, 1.807) is 0 Å². The van der Waals surface area contributed by atoms with E-state index in [2.05, 4.69) is 17.1 Å². The molecule has 1 unspecified atom stereocenters. The number of carbonyl (C=O) groups excluding carboxylic acids is 2. The molecule has 6 nitrogen and oxygen atoms in total. The molecule has 0 aliphatic carbocycles. The zero-order valence-corrected chi connectivity index (χ0v) is 12.4. The molecule has 2 aliphatic heterocycles. The molecule has 0 bridgehead atoms. The Labute approximate surface area is 120 Å². The summed E-state index contributed by atoms with van der Waals surface area (Å²) in [7, 11) is 0. The van der Waals surface area contributed by atoms with Crippen LogP contribution in [-0.2, 0) is 9.59 Å². The maximum atomic E-state index is 11.9. The van der Waals surface area contributed by atoms with Crippen LogP contribution in [0.25, 0.3) is 0 Å². The molecule has 114 valence electrons. The Morgan fingerprint density at radius 3 is 2.55 bits per heavy atom. The summed E-state index contributed by atoms with van der Waals surface area (Å²) >= 11 is 0. The van der Waals surface area contributed by atoms with Gasteiger partial charge >= 0.3 is 0 Å². The molecular formula is C14H26N4O2. The van der Waals surface area contributed by atoms with E-state index >= 15 is 0 Å². The smallest absolute Gasteiger partial charge is 0.241 e. The number of nitrogens with one attached hydrogen (secondary N) is 1. The minimum atomic E-state index is -0.0705. The number of amides is 2. The van der Waals surface area contributed by atoms with Crippen molar-refractivity contribution in [2.45, 2.75) is 26.2 Å². The van der Waals surface area contributed by atoms with E-state index in [9.17, 15) is 9.59 Å². The molecule has 0 aromatic heterocycles. The largest absolute Gasteiger partial charge is 0.346 e. The van der Waals surface area contributed by atoms with E-state index in [1.807, 2.05) is 4.90 Å². The van der Waals surface area contributed by atoms with Gasteiger partial charge < -0.3 is 16.0 Å². The molecule has 6 heteroatoms. The maximum Gasteiger partial charge on any atom is 0.241 e. The van der Waals surface area contributed by atoms with Crippen LogP contribution in [0, 0.1) is 5.41 Å². The van der Waals surface area contributed by atoms with Crippen molar-refractivity contribution in [2.24, 2.45) is 11.1 Å². The lowest BCUT2D eigenvalue weighted by molar-refractivity contribution is -0.132. The molecule has 2 rings (SSSR count). The van der Waals surface area contributed by atoms with Crippen molar-refractivity contribution >= 4 is 11.8 Å². The van der Waals surface area contributed by atoms with E-state index < -0.39 is 0 Å². The van der Waals surface area contributed by atoms with Crippen LogP contribution in [0.1, 0.15) is 26.2 Å². The lowest BCUT2D eigenvalue weighted by Crippen LogP contribution is -2.43. The van der Waals surface area contributed by atoms with Gasteiger partial charge in [-0.1, -0.05) is 6.92 Å². The topological polar surface area (TPSA) is 78.7 Å². The Balaban J connectivity index is 1.67. The molecular weight excluding hydrogens is 256 g/mol. The highest BCUT2D eigenvalue weighted by molar-refractivity contribution is 5.85. The second-order valence-corrected chi connectivity index (χ2v) is 6.34. The van der Waals surface area contributed by atoms with Crippen LogP contribution in [0.4, 0.5) is 0 Å². The number of hydrogen-bond donors (Lipinski definition) is 2. The Hall–Kier alpha value is -1.14. The quantitative estimate of drug-likeness (QED) is 0.705. The maximum absolute atomic E-state index is 11.9. The highest BCUT2D eigenvalue weighted by Gasteiger charge is 2.33. The normalized spacial score (nSPS) is 27.0. The number of carbonyl (C=O) groups is 2. The molecule has 3 N–H and O–H groups in total. The fourth-order valence-electron chi connectivity index (χ4n) is 2.94. The molecule has 0 saturated carbocycles. The number of likely N-dealkylation sites (tertiary alicyclic amines) is 2. The molecule has 2 amide bonds. The minimum absolute atomic E-state index is 0.0315. The van der Waals surface area contributed by atoms with E-state index in [0.29, 0.717) is 13.1 Å². The summed E-state index contributed by atoms with van der Waals surface area (Å²) in [5.74, 6) is -0.0390. The highest BCUT2D eigenvalue weighted by Crippen LogP contribution is 2.27. The summed E-state index contributed by atoms with van der Waals surface area (Å²) in [6.07, 6.45) is 3.18. The second-order valence-electron chi connectivity index (χ2n) is 6.34. The molecule has 0 spiro atoms. The van der Waals surface area contributed by atoms with Gasteiger partial charge in [0.25, 0.3) is 0 Å². The van der Waals surface area contributed by atoms with Gasteiger partial charge in [0.1, 0.15) is 0 Å². The van der Waals surface area contributed by atoms with Crippen molar-refractivity contribution in [3.05, 3.63) is 0 Å². The van der Waals surface area contributed by atoms with Crippen molar-refractivity contribution in [2.75, 3.05) is 45.8 Å². The molecule has 0 aromatic rings. The van der Waals surface area contributed by atoms with Crippen LogP contribution in [0.3, 0.4) is 0 Å². The van der Waals surface area contributed by atoms with Crippen molar-refractivity contribution in [1.82, 2.24) is 15.1 Å². The van der Waals surface area contributed by atoms with Crippen molar-refractivity contribution in [3.8, 4) is 0 Å². The van der Waals surface area contributed by atoms with Gasteiger partial charge in [-0.15, -0.1) is 0 Å². The first kappa shape index (κ1) is 15.3. The van der Waals surface area contributed by atoms with Crippen LogP contribution in [0.2, 0.25) is 0 Å². The lowest BCUT2D eigenvalue weighted by atomic mass is 9.90. The van der Waals surface area contributed by atoms with Gasteiger partial charge in [-0.05, 0) is 37.8 Å². The van der Waals surface area contributed by atoms with Crippen molar-refractivity contribution in [1.29, 1.82) is 0 Å². The van der Waals surface area contributed by atoms with Gasteiger partial charge in [0.05, 0.1) is 13.1 Å². The first-order valence-electron chi connectivity index (χ1n) is 7.49. The van der Waals surface area contributed by atoms with Crippen LogP contribution in [0.15, 0.2) is 0 Å². The monoisotopic (exact) mass is 282 g/mol. The number of nitrogens with zero attached hydrogens (tertiary/aromatic N) is 2. The highest BCUT2D eigenvalue weighted by atomic mass is 16.2. The predicted octanol–water partition coefficient (Wildman–Crippen LogP) is -0.604. The fourth-order valence-corrected chi connectivity index (χ4v) is 2.94. The summed E-state index contributed by atoms with van der Waals surface area (Å²) in [4.78, 5) is 27.6. The molecule has 2 fully saturated rings. The van der Waals surface area contributed by atoms with Gasteiger partial charge in [0.15, 0.2) is 0 Å². The average molecular weight is 282 g/mol. The van der Waals surface area contributed by atoms with E-state index in [4.69, 9.17) is 5.73 Å². The van der Waals surface area contributed by atoms with Crippen LogP contribution in [0.5, 0.6) is 0 Å². The molecule has 20 heavy (non-hydrogen) atoms. The van der Waals surface area contributed by atoms with Crippen LogP contribution >= 0.6 is 0 Å². The summed E-state index contributed by atoms with van der Waals surface area (Å²) in [6, 6.07) is 0. The fraction of sp³-hybridized carbons (Fsp3) is 0.857. The molecule has 0 aromatic carbocycles.